The Hall–Kier alpha value is -1.71. The molecule has 2 aromatic rings. The summed E-state index contributed by atoms with van der Waals surface area (Å²) in [6.45, 7) is 0. The molecule has 0 bridgehead atoms. The number of nitrogens with one attached hydrogen (secondary N) is 1. The molecule has 0 radical (unpaired) electrons. The van der Waals surface area contributed by atoms with Crippen LogP contribution in [0.2, 0.25) is 5.02 Å². The molecule has 0 atom stereocenters. The third kappa shape index (κ3) is 2.35. The van der Waals surface area contributed by atoms with Crippen LogP contribution < -0.4 is 5.69 Å². The van der Waals surface area contributed by atoms with Crippen LogP contribution in [-0.4, -0.2) is 14.8 Å². The van der Waals surface area contributed by atoms with E-state index in [4.69, 9.17) is 16.9 Å². The van der Waals surface area contributed by atoms with Gasteiger partial charge in [-0.3, -0.25) is 4.57 Å². The predicted molar refractivity (Wildman–Crippen MR) is 64.1 cm³/mol. The topological polar surface area (TPSA) is 74.5 Å². The van der Waals surface area contributed by atoms with Gasteiger partial charge in [0.15, 0.2) is 5.16 Å². The Kier molecular flexibility index (Phi) is 3.22. The van der Waals surface area contributed by atoms with Crippen LogP contribution >= 0.6 is 23.4 Å². The van der Waals surface area contributed by atoms with Gasteiger partial charge in [-0.2, -0.15) is 5.26 Å². The van der Waals surface area contributed by atoms with E-state index in [9.17, 15) is 4.79 Å². The van der Waals surface area contributed by atoms with E-state index in [0.29, 0.717) is 20.6 Å². The summed E-state index contributed by atoms with van der Waals surface area (Å²) >= 11 is 7.03. The number of rotatable bonds is 2. The lowest BCUT2D eigenvalue weighted by molar-refractivity contribution is 0.766. The molecule has 0 fully saturated rings. The summed E-state index contributed by atoms with van der Waals surface area (Å²) in [7, 11) is 1.61. The SMILES string of the molecule is Cn1c(Sc2ccc(Cl)cc2C#N)n[nH]c1=O. The number of halogens is 1. The average Bonchev–Trinajstić information content (AvgIpc) is 2.63. The third-order valence-electron chi connectivity index (χ3n) is 2.10. The molecule has 17 heavy (non-hydrogen) atoms. The molecule has 1 heterocycles. The number of aromatic amines is 1. The molecule has 5 nitrogen and oxygen atoms in total. The second-order valence-electron chi connectivity index (χ2n) is 3.22. The van der Waals surface area contributed by atoms with Gasteiger partial charge in [0.05, 0.1) is 5.56 Å². The summed E-state index contributed by atoms with van der Waals surface area (Å²) in [6, 6.07) is 7.05. The lowest BCUT2D eigenvalue weighted by Crippen LogP contribution is -2.12. The van der Waals surface area contributed by atoms with E-state index in [0.717, 1.165) is 0 Å². The highest BCUT2D eigenvalue weighted by atomic mass is 35.5. The second kappa shape index (κ2) is 4.65. The fourth-order valence-electron chi connectivity index (χ4n) is 1.20. The van der Waals surface area contributed by atoms with Crippen molar-refractivity contribution in [3.63, 3.8) is 0 Å². The predicted octanol–water partition coefficient (Wildman–Crippen LogP) is 1.78. The Morgan fingerprint density at radius 1 is 1.59 bits per heavy atom. The van der Waals surface area contributed by atoms with Crippen LogP contribution in [0.5, 0.6) is 0 Å². The number of H-pyrrole nitrogens is 1. The van der Waals surface area contributed by atoms with Gasteiger partial charge in [0.2, 0.25) is 0 Å². The van der Waals surface area contributed by atoms with Gasteiger partial charge in [0.25, 0.3) is 0 Å². The minimum atomic E-state index is -0.292. The molecule has 2 rings (SSSR count). The van der Waals surface area contributed by atoms with Crippen LogP contribution in [0.15, 0.2) is 33.0 Å². The smallest absolute Gasteiger partial charge is 0.273 e. The molecule has 0 saturated carbocycles. The van der Waals surface area contributed by atoms with Gasteiger partial charge in [-0.25, -0.2) is 9.89 Å². The Bertz CT molecular complexity index is 655. The zero-order valence-electron chi connectivity index (χ0n) is 8.77. The van der Waals surface area contributed by atoms with Crippen LogP contribution in [0, 0.1) is 11.3 Å². The Labute approximate surface area is 106 Å². The Balaban J connectivity index is 2.40. The van der Waals surface area contributed by atoms with Gasteiger partial charge < -0.3 is 0 Å². The molecule has 7 heteroatoms. The largest absolute Gasteiger partial charge is 0.343 e. The Morgan fingerprint density at radius 3 is 2.94 bits per heavy atom. The molecule has 0 aliphatic carbocycles. The number of nitriles is 1. The van der Waals surface area contributed by atoms with E-state index >= 15 is 0 Å². The summed E-state index contributed by atoms with van der Waals surface area (Å²) in [5, 5.41) is 16.2. The molecular formula is C10H7ClN4OS. The maximum atomic E-state index is 11.2. The molecule has 0 saturated heterocycles. The first-order valence-corrected chi connectivity index (χ1v) is 5.80. The van der Waals surface area contributed by atoms with Gasteiger partial charge in [0.1, 0.15) is 6.07 Å². The van der Waals surface area contributed by atoms with Crippen molar-refractivity contribution in [1.29, 1.82) is 5.26 Å². The summed E-state index contributed by atoms with van der Waals surface area (Å²) in [5.74, 6) is 0. The normalized spacial score (nSPS) is 10.2. The molecule has 0 aliphatic heterocycles. The minimum absolute atomic E-state index is 0.292. The van der Waals surface area contributed by atoms with Crippen LogP contribution in [-0.2, 0) is 7.05 Å². The molecule has 0 unspecified atom stereocenters. The van der Waals surface area contributed by atoms with Crippen LogP contribution in [0.3, 0.4) is 0 Å². The standard InChI is InChI=1S/C10H7ClN4OS/c1-15-9(16)13-14-10(15)17-8-3-2-7(11)4-6(8)5-12/h2-4H,1H3,(H,13,16). The zero-order chi connectivity index (χ0) is 12.4. The fraction of sp³-hybridized carbons (Fsp3) is 0.100. The fourth-order valence-corrected chi connectivity index (χ4v) is 2.23. The first-order chi connectivity index (χ1) is 8.11. The van der Waals surface area contributed by atoms with Gasteiger partial charge in [0, 0.05) is 17.0 Å². The Morgan fingerprint density at radius 2 is 2.35 bits per heavy atom. The van der Waals surface area contributed by atoms with E-state index < -0.39 is 0 Å². The van der Waals surface area contributed by atoms with Gasteiger partial charge in [-0.05, 0) is 30.0 Å². The summed E-state index contributed by atoms with van der Waals surface area (Å²) in [5.41, 5.74) is 0.165. The molecule has 86 valence electrons. The van der Waals surface area contributed by atoms with E-state index in [1.54, 1.807) is 25.2 Å². The average molecular weight is 267 g/mol. The lowest BCUT2D eigenvalue weighted by Gasteiger charge is -2.02. The molecular weight excluding hydrogens is 260 g/mol. The number of aromatic nitrogens is 3. The number of nitrogens with zero attached hydrogens (tertiary/aromatic N) is 3. The van der Waals surface area contributed by atoms with Crippen molar-refractivity contribution in [3.8, 4) is 6.07 Å². The molecule has 0 aliphatic rings. The maximum absolute atomic E-state index is 11.2. The van der Waals surface area contributed by atoms with E-state index in [1.807, 2.05) is 0 Å². The van der Waals surface area contributed by atoms with Crippen LogP contribution in [0.4, 0.5) is 0 Å². The summed E-state index contributed by atoms with van der Waals surface area (Å²) < 4.78 is 1.38. The van der Waals surface area contributed by atoms with Crippen LogP contribution in [0.25, 0.3) is 0 Å². The quantitative estimate of drug-likeness (QED) is 0.899. The molecule has 0 amide bonds. The van der Waals surface area contributed by atoms with Crippen LogP contribution in [0.1, 0.15) is 5.56 Å². The summed E-state index contributed by atoms with van der Waals surface area (Å²) in [4.78, 5) is 11.9. The molecule has 1 N–H and O–H groups in total. The third-order valence-corrected chi connectivity index (χ3v) is 3.46. The monoisotopic (exact) mass is 266 g/mol. The second-order valence-corrected chi connectivity index (χ2v) is 4.67. The van der Waals surface area contributed by atoms with Crippen molar-refractivity contribution in [2.75, 3.05) is 0 Å². The van der Waals surface area contributed by atoms with E-state index in [1.165, 1.54) is 16.3 Å². The zero-order valence-corrected chi connectivity index (χ0v) is 10.3. The number of hydrogen-bond donors (Lipinski definition) is 1. The van der Waals surface area contributed by atoms with Crippen molar-refractivity contribution in [2.24, 2.45) is 7.05 Å². The molecule has 1 aromatic heterocycles. The highest BCUT2D eigenvalue weighted by molar-refractivity contribution is 7.99. The number of hydrogen-bond acceptors (Lipinski definition) is 4. The van der Waals surface area contributed by atoms with E-state index in [-0.39, 0.29) is 5.69 Å². The maximum Gasteiger partial charge on any atom is 0.343 e. The molecule has 1 aromatic carbocycles. The first kappa shape index (κ1) is 11.8. The van der Waals surface area contributed by atoms with Crippen molar-refractivity contribution in [3.05, 3.63) is 39.3 Å². The lowest BCUT2D eigenvalue weighted by atomic mass is 10.2. The first-order valence-electron chi connectivity index (χ1n) is 4.60. The van der Waals surface area contributed by atoms with Gasteiger partial charge in [-0.15, -0.1) is 5.10 Å². The molecule has 0 spiro atoms. The van der Waals surface area contributed by atoms with Gasteiger partial charge in [-0.1, -0.05) is 11.6 Å². The van der Waals surface area contributed by atoms with Crippen molar-refractivity contribution in [1.82, 2.24) is 14.8 Å². The summed E-state index contributed by atoms with van der Waals surface area (Å²) in [6.07, 6.45) is 0. The van der Waals surface area contributed by atoms with Crippen molar-refractivity contribution in [2.45, 2.75) is 10.1 Å². The van der Waals surface area contributed by atoms with E-state index in [2.05, 4.69) is 16.3 Å². The van der Waals surface area contributed by atoms with Crippen molar-refractivity contribution >= 4 is 23.4 Å². The number of benzene rings is 1. The minimum Gasteiger partial charge on any atom is -0.273 e. The van der Waals surface area contributed by atoms with Gasteiger partial charge >= 0.3 is 5.69 Å². The highest BCUT2D eigenvalue weighted by Crippen LogP contribution is 2.29. The van der Waals surface area contributed by atoms with Crippen molar-refractivity contribution < 1.29 is 0 Å². The highest BCUT2D eigenvalue weighted by Gasteiger charge is 2.10.